The van der Waals surface area contributed by atoms with Crippen LogP contribution in [0, 0.1) is 0 Å². The fraction of sp³-hybridized carbons (Fsp3) is 0.125. The smallest absolute Gasteiger partial charge is 0.119 e. The van der Waals surface area contributed by atoms with E-state index in [2.05, 4.69) is 26.9 Å². The Balaban J connectivity index is 1.97. The van der Waals surface area contributed by atoms with Gasteiger partial charge in [0, 0.05) is 22.9 Å². The van der Waals surface area contributed by atoms with E-state index < -0.39 is 0 Å². The van der Waals surface area contributed by atoms with E-state index in [-0.39, 0.29) is 5.75 Å². The van der Waals surface area contributed by atoms with Crippen molar-refractivity contribution in [3.05, 3.63) is 59.8 Å². The van der Waals surface area contributed by atoms with Crippen molar-refractivity contribution < 1.29 is 9.84 Å². The van der Waals surface area contributed by atoms with Crippen LogP contribution in [0.25, 0.3) is 4.48 Å². The summed E-state index contributed by atoms with van der Waals surface area (Å²) in [6.07, 6.45) is 2.05. The van der Waals surface area contributed by atoms with E-state index in [0.29, 0.717) is 0 Å². The first-order valence-electron chi connectivity index (χ1n) is 6.27. The summed E-state index contributed by atoms with van der Waals surface area (Å²) >= 11 is 3.62. The number of benzene rings is 2. The highest BCUT2D eigenvalue weighted by Crippen LogP contribution is 2.35. The molecule has 0 unspecified atom stereocenters. The standard InChI is InChI=1S/C16H14BrNO2/c1-20-14-7-2-11-9-18(10-16(17)15(11)8-14)12-3-5-13(19)6-4-12/h2-8,10,19H,9H2,1H3. The first-order chi connectivity index (χ1) is 9.67. The highest BCUT2D eigenvalue weighted by atomic mass is 79.9. The zero-order chi connectivity index (χ0) is 14.1. The molecule has 2 aromatic rings. The average molecular weight is 332 g/mol. The topological polar surface area (TPSA) is 32.7 Å². The molecule has 20 heavy (non-hydrogen) atoms. The number of aromatic hydroxyl groups is 1. The molecule has 0 bridgehead atoms. The van der Waals surface area contributed by atoms with Crippen LogP contribution >= 0.6 is 15.9 Å². The molecule has 3 rings (SSSR count). The number of phenolic OH excluding ortho intramolecular Hbond substituents is 1. The second kappa shape index (κ2) is 5.21. The Kier molecular flexibility index (Phi) is 3.40. The summed E-state index contributed by atoms with van der Waals surface area (Å²) in [6, 6.07) is 13.3. The molecule has 3 nitrogen and oxygen atoms in total. The molecule has 0 aliphatic carbocycles. The number of anilines is 1. The molecule has 0 atom stereocenters. The minimum absolute atomic E-state index is 0.277. The van der Waals surface area contributed by atoms with Gasteiger partial charge in [-0.1, -0.05) is 6.07 Å². The summed E-state index contributed by atoms with van der Waals surface area (Å²) < 4.78 is 6.28. The number of hydrogen-bond acceptors (Lipinski definition) is 3. The van der Waals surface area contributed by atoms with Crippen LogP contribution in [0.5, 0.6) is 11.5 Å². The molecule has 0 saturated carbocycles. The number of methoxy groups -OCH3 is 1. The SMILES string of the molecule is COc1ccc2c(c1)C(Br)=CN(c1ccc(O)cc1)C2. The average Bonchev–Trinajstić information content (AvgIpc) is 2.47. The molecule has 1 heterocycles. The van der Waals surface area contributed by atoms with Crippen LogP contribution in [-0.4, -0.2) is 12.2 Å². The van der Waals surface area contributed by atoms with E-state index in [1.54, 1.807) is 19.2 Å². The molecule has 0 radical (unpaired) electrons. The van der Waals surface area contributed by atoms with Gasteiger partial charge in [-0.3, -0.25) is 0 Å². The van der Waals surface area contributed by atoms with Gasteiger partial charge < -0.3 is 14.7 Å². The largest absolute Gasteiger partial charge is 0.508 e. The zero-order valence-electron chi connectivity index (χ0n) is 11.0. The lowest BCUT2D eigenvalue weighted by molar-refractivity contribution is 0.414. The van der Waals surface area contributed by atoms with Crippen molar-refractivity contribution in [2.24, 2.45) is 0 Å². The Hall–Kier alpha value is -1.94. The van der Waals surface area contributed by atoms with Crippen molar-refractivity contribution in [2.75, 3.05) is 12.0 Å². The van der Waals surface area contributed by atoms with E-state index in [4.69, 9.17) is 4.74 Å². The van der Waals surface area contributed by atoms with Gasteiger partial charge in [0.1, 0.15) is 11.5 Å². The second-order valence-corrected chi connectivity index (χ2v) is 5.50. The number of hydrogen-bond donors (Lipinski definition) is 1. The number of halogens is 1. The minimum Gasteiger partial charge on any atom is -0.508 e. The van der Waals surface area contributed by atoms with Crippen LogP contribution < -0.4 is 9.64 Å². The van der Waals surface area contributed by atoms with Gasteiger partial charge in [0.15, 0.2) is 0 Å². The summed E-state index contributed by atoms with van der Waals surface area (Å²) in [5, 5.41) is 9.37. The Morgan fingerprint density at radius 1 is 1.15 bits per heavy atom. The first-order valence-corrected chi connectivity index (χ1v) is 7.07. The highest BCUT2D eigenvalue weighted by Gasteiger charge is 2.17. The fourth-order valence-corrected chi connectivity index (χ4v) is 2.90. The second-order valence-electron chi connectivity index (χ2n) is 4.64. The quantitative estimate of drug-likeness (QED) is 0.898. The summed E-state index contributed by atoms with van der Waals surface area (Å²) in [7, 11) is 1.67. The Morgan fingerprint density at radius 2 is 1.90 bits per heavy atom. The molecule has 0 spiro atoms. The number of phenols is 1. The van der Waals surface area contributed by atoms with E-state index >= 15 is 0 Å². The van der Waals surface area contributed by atoms with Gasteiger partial charge in [-0.15, -0.1) is 0 Å². The van der Waals surface area contributed by atoms with Crippen LogP contribution in [0.4, 0.5) is 5.69 Å². The molecule has 1 N–H and O–H groups in total. The van der Waals surface area contributed by atoms with Crippen LogP contribution in [-0.2, 0) is 6.54 Å². The van der Waals surface area contributed by atoms with Gasteiger partial charge in [0.2, 0.25) is 0 Å². The van der Waals surface area contributed by atoms with Crippen molar-refractivity contribution in [3.63, 3.8) is 0 Å². The molecular weight excluding hydrogens is 318 g/mol. The molecular formula is C16H14BrNO2. The molecule has 4 heteroatoms. The van der Waals surface area contributed by atoms with E-state index in [1.807, 2.05) is 30.5 Å². The number of nitrogens with zero attached hydrogens (tertiary/aromatic N) is 1. The minimum atomic E-state index is 0.277. The van der Waals surface area contributed by atoms with Crippen molar-refractivity contribution in [1.29, 1.82) is 0 Å². The normalized spacial score (nSPS) is 13.7. The Bertz CT molecular complexity index is 665. The van der Waals surface area contributed by atoms with Crippen molar-refractivity contribution in [3.8, 4) is 11.5 Å². The summed E-state index contributed by atoms with van der Waals surface area (Å²) in [6.45, 7) is 0.791. The maximum atomic E-state index is 9.37. The molecule has 0 amide bonds. The van der Waals surface area contributed by atoms with Crippen LogP contribution in [0.1, 0.15) is 11.1 Å². The predicted octanol–water partition coefficient (Wildman–Crippen LogP) is 4.11. The number of rotatable bonds is 2. The summed E-state index contributed by atoms with van der Waals surface area (Å²) in [4.78, 5) is 2.14. The molecule has 102 valence electrons. The van der Waals surface area contributed by atoms with Crippen molar-refractivity contribution >= 4 is 26.1 Å². The molecule has 0 saturated heterocycles. The van der Waals surface area contributed by atoms with Crippen molar-refractivity contribution in [2.45, 2.75) is 6.54 Å². The third kappa shape index (κ3) is 2.39. The lowest BCUT2D eigenvalue weighted by Crippen LogP contribution is -2.20. The molecule has 0 aromatic heterocycles. The Labute approximate surface area is 126 Å². The van der Waals surface area contributed by atoms with Crippen LogP contribution in [0.3, 0.4) is 0 Å². The van der Waals surface area contributed by atoms with E-state index in [9.17, 15) is 5.11 Å². The third-order valence-electron chi connectivity index (χ3n) is 3.37. The summed E-state index contributed by atoms with van der Waals surface area (Å²) in [5.74, 6) is 1.13. The van der Waals surface area contributed by atoms with Gasteiger partial charge in [0.25, 0.3) is 0 Å². The molecule has 0 fully saturated rings. The number of ether oxygens (including phenoxy) is 1. The lowest BCUT2D eigenvalue weighted by atomic mass is 10.0. The van der Waals surface area contributed by atoms with Crippen LogP contribution in [0.2, 0.25) is 0 Å². The maximum absolute atomic E-state index is 9.37. The van der Waals surface area contributed by atoms with Gasteiger partial charge in [-0.25, -0.2) is 0 Å². The maximum Gasteiger partial charge on any atom is 0.119 e. The fourth-order valence-electron chi connectivity index (χ4n) is 2.29. The highest BCUT2D eigenvalue weighted by molar-refractivity contribution is 9.15. The van der Waals surface area contributed by atoms with Gasteiger partial charge >= 0.3 is 0 Å². The summed E-state index contributed by atoms with van der Waals surface area (Å²) in [5.41, 5.74) is 3.42. The van der Waals surface area contributed by atoms with Crippen LogP contribution in [0.15, 0.2) is 48.7 Å². The number of fused-ring (bicyclic) bond motifs is 1. The van der Waals surface area contributed by atoms with Gasteiger partial charge in [-0.05, 0) is 63.5 Å². The zero-order valence-corrected chi connectivity index (χ0v) is 12.6. The van der Waals surface area contributed by atoms with E-state index in [0.717, 1.165) is 28.0 Å². The van der Waals surface area contributed by atoms with Crippen molar-refractivity contribution in [1.82, 2.24) is 0 Å². The molecule has 1 aliphatic rings. The monoisotopic (exact) mass is 331 g/mol. The van der Waals surface area contributed by atoms with Gasteiger partial charge in [0.05, 0.1) is 7.11 Å². The van der Waals surface area contributed by atoms with E-state index in [1.165, 1.54) is 5.56 Å². The predicted molar refractivity (Wildman–Crippen MR) is 84.2 cm³/mol. The van der Waals surface area contributed by atoms with Gasteiger partial charge in [-0.2, -0.15) is 0 Å². The Morgan fingerprint density at radius 3 is 2.60 bits per heavy atom. The first kappa shape index (κ1) is 13.1. The molecule has 2 aromatic carbocycles. The molecule has 1 aliphatic heterocycles. The third-order valence-corrected chi connectivity index (χ3v) is 4.00. The lowest BCUT2D eigenvalue weighted by Gasteiger charge is -2.27.